The van der Waals surface area contributed by atoms with Gasteiger partial charge in [0, 0.05) is 17.8 Å². The van der Waals surface area contributed by atoms with E-state index in [9.17, 15) is 4.79 Å². The Bertz CT molecular complexity index is 851. The first-order chi connectivity index (χ1) is 12.2. The molecule has 2 aromatic carbocycles. The van der Waals surface area contributed by atoms with Crippen molar-refractivity contribution in [3.63, 3.8) is 0 Å². The van der Waals surface area contributed by atoms with Crippen molar-refractivity contribution in [1.29, 1.82) is 0 Å². The summed E-state index contributed by atoms with van der Waals surface area (Å²) >= 11 is 0. The van der Waals surface area contributed by atoms with Crippen LogP contribution in [0.1, 0.15) is 38.2 Å². The summed E-state index contributed by atoms with van der Waals surface area (Å²) < 4.78 is 1.92. The van der Waals surface area contributed by atoms with Crippen molar-refractivity contribution in [2.24, 2.45) is 0 Å². The smallest absolute Gasteiger partial charge is 0.290 e. The Balaban J connectivity index is 1.65. The molecule has 1 aromatic heterocycles. The Morgan fingerprint density at radius 2 is 1.64 bits per heavy atom. The van der Waals surface area contributed by atoms with Gasteiger partial charge in [0.05, 0.1) is 0 Å². The van der Waals surface area contributed by atoms with E-state index in [2.05, 4.69) is 43.4 Å². The number of rotatable bonds is 6. The lowest BCUT2D eigenvalue weighted by molar-refractivity contribution is -0.684. The minimum atomic E-state index is -0.0180. The normalized spacial score (nSPS) is 11.0. The van der Waals surface area contributed by atoms with Gasteiger partial charge in [0.2, 0.25) is 6.54 Å². The molecular weight excluding hydrogens is 308 g/mol. The lowest BCUT2D eigenvalue weighted by Gasteiger charge is -2.11. The summed E-state index contributed by atoms with van der Waals surface area (Å²) in [6, 6.07) is 18.4. The summed E-state index contributed by atoms with van der Waals surface area (Å²) in [6.45, 7) is 4.74. The molecule has 0 aliphatic rings. The van der Waals surface area contributed by atoms with Gasteiger partial charge in [-0.1, -0.05) is 44.2 Å². The number of benzene rings is 2. The highest BCUT2D eigenvalue weighted by Crippen LogP contribution is 2.21. The second-order valence-electron chi connectivity index (χ2n) is 6.43. The van der Waals surface area contributed by atoms with Crippen LogP contribution in [0.5, 0.6) is 0 Å². The lowest BCUT2D eigenvalue weighted by atomic mass is 9.95. The highest BCUT2D eigenvalue weighted by Gasteiger charge is 2.12. The fourth-order valence-corrected chi connectivity index (χ4v) is 3.24. The Morgan fingerprint density at radius 3 is 2.32 bits per heavy atom. The summed E-state index contributed by atoms with van der Waals surface area (Å²) in [5.74, 6) is 0.580. The molecule has 0 spiro atoms. The van der Waals surface area contributed by atoms with E-state index in [-0.39, 0.29) is 5.91 Å². The SMILES string of the molecule is CCC(CC)c1cc[n+](CC(=O)Nc2ccc3ccccc3c2)cc1. The van der Waals surface area contributed by atoms with Gasteiger partial charge in [-0.15, -0.1) is 0 Å². The van der Waals surface area contributed by atoms with Crippen LogP contribution < -0.4 is 9.88 Å². The summed E-state index contributed by atoms with van der Waals surface area (Å²) in [5, 5.41) is 5.28. The highest BCUT2D eigenvalue weighted by atomic mass is 16.1. The molecule has 0 radical (unpaired) electrons. The molecular formula is C22H25N2O+. The topological polar surface area (TPSA) is 33.0 Å². The third-order valence-corrected chi connectivity index (χ3v) is 4.73. The number of nitrogens with one attached hydrogen (secondary N) is 1. The number of carbonyl (C=O) groups is 1. The number of anilines is 1. The average Bonchev–Trinajstić information content (AvgIpc) is 2.64. The molecule has 3 rings (SSSR count). The van der Waals surface area contributed by atoms with Crippen LogP contribution in [0, 0.1) is 0 Å². The number of pyridine rings is 1. The Labute approximate surface area is 149 Å². The van der Waals surface area contributed by atoms with Crippen LogP contribution in [-0.2, 0) is 11.3 Å². The first-order valence-electron chi connectivity index (χ1n) is 8.97. The molecule has 3 nitrogen and oxygen atoms in total. The summed E-state index contributed by atoms with van der Waals surface area (Å²) in [7, 11) is 0. The van der Waals surface area contributed by atoms with Gasteiger partial charge in [-0.3, -0.25) is 4.79 Å². The number of fused-ring (bicyclic) bond motifs is 1. The van der Waals surface area contributed by atoms with Crippen LogP contribution in [0.4, 0.5) is 5.69 Å². The average molecular weight is 333 g/mol. The molecule has 3 heteroatoms. The van der Waals surface area contributed by atoms with Crippen molar-refractivity contribution in [3.05, 3.63) is 72.6 Å². The molecule has 25 heavy (non-hydrogen) atoms. The quantitative estimate of drug-likeness (QED) is 0.653. The molecule has 0 aliphatic carbocycles. The zero-order chi connectivity index (χ0) is 17.6. The van der Waals surface area contributed by atoms with Crippen molar-refractivity contribution in [2.75, 3.05) is 5.32 Å². The van der Waals surface area contributed by atoms with Crippen LogP contribution in [0.2, 0.25) is 0 Å². The summed E-state index contributed by atoms with van der Waals surface area (Å²) in [5.41, 5.74) is 2.18. The van der Waals surface area contributed by atoms with E-state index in [4.69, 9.17) is 0 Å². The van der Waals surface area contributed by atoms with Gasteiger partial charge in [0.25, 0.3) is 5.91 Å². The molecule has 0 aliphatic heterocycles. The van der Waals surface area contributed by atoms with E-state index >= 15 is 0 Å². The maximum Gasteiger partial charge on any atom is 0.290 e. The Kier molecular flexibility index (Phi) is 5.44. The standard InChI is InChI=1S/C22H24N2O/c1-3-17(4-2)19-11-13-24(14-12-19)16-22(25)23-21-10-9-18-7-5-6-8-20(18)15-21/h5-15,17H,3-4,16H2,1-2H3/p+1. The van der Waals surface area contributed by atoms with Gasteiger partial charge in [0.1, 0.15) is 0 Å². The molecule has 1 N–H and O–H groups in total. The largest absolute Gasteiger partial charge is 0.321 e. The van der Waals surface area contributed by atoms with Crippen molar-refractivity contribution in [2.45, 2.75) is 39.2 Å². The molecule has 0 saturated heterocycles. The summed E-state index contributed by atoms with van der Waals surface area (Å²) in [6.07, 6.45) is 6.27. The van der Waals surface area contributed by atoms with Gasteiger partial charge in [-0.25, -0.2) is 0 Å². The zero-order valence-electron chi connectivity index (χ0n) is 14.9. The molecule has 0 fully saturated rings. The molecule has 1 heterocycles. The molecule has 3 aromatic rings. The molecule has 1 amide bonds. The van der Waals surface area contributed by atoms with Gasteiger partial charge >= 0.3 is 0 Å². The maximum absolute atomic E-state index is 12.3. The van der Waals surface area contributed by atoms with Crippen LogP contribution in [0.25, 0.3) is 10.8 Å². The predicted molar refractivity (Wildman–Crippen MR) is 103 cm³/mol. The van der Waals surface area contributed by atoms with Gasteiger partial charge in [0.15, 0.2) is 12.4 Å². The molecule has 0 saturated carbocycles. The Hall–Kier alpha value is -2.68. The minimum Gasteiger partial charge on any atom is -0.321 e. The van der Waals surface area contributed by atoms with Gasteiger partial charge < -0.3 is 5.32 Å². The summed E-state index contributed by atoms with van der Waals surface area (Å²) in [4.78, 5) is 12.3. The van der Waals surface area contributed by atoms with E-state index in [1.54, 1.807) is 0 Å². The zero-order valence-corrected chi connectivity index (χ0v) is 14.9. The molecule has 0 atom stereocenters. The monoisotopic (exact) mass is 333 g/mol. The first kappa shape index (κ1) is 17.2. The van der Waals surface area contributed by atoms with Crippen molar-refractivity contribution in [3.8, 4) is 0 Å². The van der Waals surface area contributed by atoms with E-state index < -0.39 is 0 Å². The third-order valence-electron chi connectivity index (χ3n) is 4.73. The van der Waals surface area contributed by atoms with E-state index in [0.717, 1.165) is 23.9 Å². The lowest BCUT2D eigenvalue weighted by Crippen LogP contribution is -2.39. The molecule has 128 valence electrons. The number of hydrogen-bond acceptors (Lipinski definition) is 1. The number of aromatic nitrogens is 1. The fourth-order valence-electron chi connectivity index (χ4n) is 3.24. The van der Waals surface area contributed by atoms with E-state index in [1.165, 1.54) is 10.9 Å². The third kappa shape index (κ3) is 4.24. The number of hydrogen-bond donors (Lipinski definition) is 1. The maximum atomic E-state index is 12.3. The van der Waals surface area contributed by atoms with E-state index in [1.807, 2.05) is 47.3 Å². The molecule has 0 bridgehead atoms. The molecule has 0 unspecified atom stereocenters. The van der Waals surface area contributed by atoms with Crippen molar-refractivity contribution < 1.29 is 9.36 Å². The Morgan fingerprint density at radius 1 is 0.960 bits per heavy atom. The second kappa shape index (κ2) is 7.93. The van der Waals surface area contributed by atoms with Crippen LogP contribution >= 0.6 is 0 Å². The minimum absolute atomic E-state index is 0.0180. The highest BCUT2D eigenvalue weighted by molar-refractivity contribution is 5.93. The van der Waals surface area contributed by atoms with Crippen LogP contribution in [-0.4, -0.2) is 5.91 Å². The van der Waals surface area contributed by atoms with Gasteiger partial charge in [-0.2, -0.15) is 4.57 Å². The van der Waals surface area contributed by atoms with Crippen molar-refractivity contribution in [1.82, 2.24) is 0 Å². The first-order valence-corrected chi connectivity index (χ1v) is 8.97. The number of carbonyl (C=O) groups excluding carboxylic acids is 1. The number of amides is 1. The van der Waals surface area contributed by atoms with E-state index in [0.29, 0.717) is 12.5 Å². The number of nitrogens with zero attached hydrogens (tertiary/aromatic N) is 1. The van der Waals surface area contributed by atoms with Gasteiger partial charge in [-0.05, 0) is 47.2 Å². The second-order valence-corrected chi connectivity index (χ2v) is 6.43. The van der Waals surface area contributed by atoms with Crippen LogP contribution in [0.3, 0.4) is 0 Å². The predicted octanol–water partition coefficient (Wildman–Crippen LogP) is 4.67. The fraction of sp³-hybridized carbons (Fsp3) is 0.273. The van der Waals surface area contributed by atoms with Crippen LogP contribution in [0.15, 0.2) is 67.0 Å². The van der Waals surface area contributed by atoms with Crippen molar-refractivity contribution >= 4 is 22.4 Å².